The van der Waals surface area contributed by atoms with Crippen molar-refractivity contribution in [3.05, 3.63) is 35.7 Å². The van der Waals surface area contributed by atoms with Crippen LogP contribution in [0.1, 0.15) is 23.9 Å². The number of nitrogens with zero attached hydrogens (tertiary/aromatic N) is 3. The average Bonchev–Trinajstić information content (AvgIpc) is 2.96. The topological polar surface area (TPSA) is 88.9 Å². The Balaban J connectivity index is 1.77. The molecule has 0 radical (unpaired) electrons. The number of para-hydroxylation sites is 1. The first kappa shape index (κ1) is 16.0. The van der Waals surface area contributed by atoms with Crippen molar-refractivity contribution >= 4 is 23.5 Å². The standard InChI is InChI=1S/C14H12F3N5O2/c1-7-18-13-20-12(24)10(22(13)21-7)6-11(23)19-9-5-3-2-4-8(9)14(15,16)17/h2-5,10H,6H2,1H3,(H,19,23)(H,18,20,21,24)/t10-/m1/s1. The molecule has 0 saturated heterocycles. The van der Waals surface area contributed by atoms with E-state index in [4.69, 9.17) is 0 Å². The van der Waals surface area contributed by atoms with Crippen LogP contribution in [-0.2, 0) is 15.8 Å². The van der Waals surface area contributed by atoms with E-state index >= 15 is 0 Å². The number of benzene rings is 1. The molecule has 10 heteroatoms. The van der Waals surface area contributed by atoms with E-state index in [0.29, 0.717) is 5.82 Å². The van der Waals surface area contributed by atoms with E-state index < -0.39 is 29.6 Å². The lowest BCUT2D eigenvalue weighted by atomic mass is 10.1. The first-order valence-corrected chi connectivity index (χ1v) is 6.96. The fraction of sp³-hybridized carbons (Fsp3) is 0.286. The molecular weight excluding hydrogens is 327 g/mol. The summed E-state index contributed by atoms with van der Waals surface area (Å²) in [5, 5.41) is 8.67. The van der Waals surface area contributed by atoms with Crippen molar-refractivity contribution in [2.75, 3.05) is 10.6 Å². The first-order chi connectivity index (χ1) is 11.3. The number of anilines is 2. The zero-order chi connectivity index (χ0) is 17.5. The number of fused-ring (bicyclic) bond motifs is 1. The zero-order valence-corrected chi connectivity index (χ0v) is 12.4. The number of hydrogen-bond donors (Lipinski definition) is 2. The highest BCUT2D eigenvalue weighted by atomic mass is 19.4. The predicted octanol–water partition coefficient (Wildman–Crippen LogP) is 2.13. The molecule has 2 N–H and O–H groups in total. The number of nitrogens with one attached hydrogen (secondary N) is 2. The maximum absolute atomic E-state index is 12.9. The lowest BCUT2D eigenvalue weighted by Gasteiger charge is -2.14. The SMILES string of the molecule is Cc1nc2n(n1)[C@H](CC(=O)Nc1ccccc1C(F)(F)F)C(=O)N2. The molecule has 1 aliphatic heterocycles. The number of carbonyl (C=O) groups excluding carboxylic acids is 2. The van der Waals surface area contributed by atoms with Crippen LogP contribution in [0.2, 0.25) is 0 Å². The summed E-state index contributed by atoms with van der Waals surface area (Å²) in [4.78, 5) is 27.9. The second-order valence-electron chi connectivity index (χ2n) is 5.23. The largest absolute Gasteiger partial charge is 0.418 e. The molecule has 0 aliphatic carbocycles. The van der Waals surface area contributed by atoms with Gasteiger partial charge in [0.05, 0.1) is 17.7 Å². The molecule has 2 amide bonds. The molecule has 1 atom stereocenters. The molecular formula is C14H12F3N5O2. The number of halogens is 3. The molecule has 24 heavy (non-hydrogen) atoms. The van der Waals surface area contributed by atoms with Crippen LogP contribution in [0.15, 0.2) is 24.3 Å². The summed E-state index contributed by atoms with van der Waals surface area (Å²) < 4.78 is 40.0. The minimum Gasteiger partial charge on any atom is -0.325 e. The van der Waals surface area contributed by atoms with Gasteiger partial charge in [-0.1, -0.05) is 12.1 Å². The van der Waals surface area contributed by atoms with Crippen LogP contribution in [0, 0.1) is 6.92 Å². The van der Waals surface area contributed by atoms with Gasteiger partial charge in [-0.05, 0) is 19.1 Å². The van der Waals surface area contributed by atoms with Crippen molar-refractivity contribution in [3.8, 4) is 0 Å². The molecule has 0 unspecified atom stereocenters. The Kier molecular flexibility index (Phi) is 3.74. The van der Waals surface area contributed by atoms with E-state index in [1.165, 1.54) is 16.8 Å². The number of hydrogen-bond acceptors (Lipinski definition) is 4. The summed E-state index contributed by atoms with van der Waals surface area (Å²) >= 11 is 0. The smallest absolute Gasteiger partial charge is 0.325 e. The van der Waals surface area contributed by atoms with Crippen LogP contribution in [0.4, 0.5) is 24.8 Å². The molecule has 1 aliphatic rings. The minimum absolute atomic E-state index is 0.214. The third kappa shape index (κ3) is 2.94. The van der Waals surface area contributed by atoms with Gasteiger partial charge in [0.2, 0.25) is 11.9 Å². The van der Waals surface area contributed by atoms with Gasteiger partial charge in [0, 0.05) is 0 Å². The molecule has 0 fully saturated rings. The van der Waals surface area contributed by atoms with Crippen molar-refractivity contribution in [2.45, 2.75) is 25.6 Å². The lowest BCUT2D eigenvalue weighted by Crippen LogP contribution is -2.24. The van der Waals surface area contributed by atoms with E-state index in [1.807, 2.05) is 0 Å². The fourth-order valence-corrected chi connectivity index (χ4v) is 2.43. The van der Waals surface area contributed by atoms with E-state index in [2.05, 4.69) is 20.7 Å². The van der Waals surface area contributed by atoms with Crippen molar-refractivity contribution in [1.29, 1.82) is 0 Å². The predicted molar refractivity (Wildman–Crippen MR) is 77.1 cm³/mol. The number of amides is 2. The Morgan fingerprint density at radius 1 is 1.38 bits per heavy atom. The molecule has 0 spiro atoms. The second kappa shape index (κ2) is 5.62. The monoisotopic (exact) mass is 339 g/mol. The molecule has 1 aromatic heterocycles. The molecule has 7 nitrogen and oxygen atoms in total. The van der Waals surface area contributed by atoms with Crippen molar-refractivity contribution < 1.29 is 22.8 Å². The van der Waals surface area contributed by atoms with Crippen LogP contribution < -0.4 is 10.6 Å². The molecule has 1 aromatic carbocycles. The average molecular weight is 339 g/mol. The third-order valence-corrected chi connectivity index (χ3v) is 3.46. The summed E-state index contributed by atoms with van der Waals surface area (Å²) in [6, 6.07) is 3.69. The highest BCUT2D eigenvalue weighted by Crippen LogP contribution is 2.35. The van der Waals surface area contributed by atoms with E-state index in [1.54, 1.807) is 6.92 Å². The van der Waals surface area contributed by atoms with Crippen LogP contribution in [-0.4, -0.2) is 26.6 Å². The molecule has 2 heterocycles. The van der Waals surface area contributed by atoms with E-state index in [9.17, 15) is 22.8 Å². The first-order valence-electron chi connectivity index (χ1n) is 6.96. The van der Waals surface area contributed by atoms with Crippen LogP contribution in [0.5, 0.6) is 0 Å². The van der Waals surface area contributed by atoms with Crippen LogP contribution in [0.25, 0.3) is 0 Å². The highest BCUT2D eigenvalue weighted by molar-refractivity contribution is 6.01. The summed E-state index contributed by atoms with van der Waals surface area (Å²) in [5.41, 5.74) is -1.31. The van der Waals surface area contributed by atoms with Gasteiger partial charge in [0.15, 0.2) is 0 Å². The highest BCUT2D eigenvalue weighted by Gasteiger charge is 2.36. The van der Waals surface area contributed by atoms with E-state index in [0.717, 1.165) is 12.1 Å². The number of carbonyl (C=O) groups is 2. The summed E-state index contributed by atoms with van der Waals surface area (Å²) in [7, 11) is 0. The number of alkyl halides is 3. The maximum Gasteiger partial charge on any atom is 0.418 e. The molecule has 3 rings (SSSR count). The van der Waals surface area contributed by atoms with Gasteiger partial charge in [-0.25, -0.2) is 4.68 Å². The summed E-state index contributed by atoms with van der Waals surface area (Å²) in [5.74, 6) is -0.582. The van der Waals surface area contributed by atoms with Gasteiger partial charge in [-0.15, -0.1) is 0 Å². The van der Waals surface area contributed by atoms with Crippen molar-refractivity contribution in [3.63, 3.8) is 0 Å². The molecule has 2 aromatic rings. The zero-order valence-electron chi connectivity index (χ0n) is 12.4. The second-order valence-corrected chi connectivity index (χ2v) is 5.23. The summed E-state index contributed by atoms with van der Waals surface area (Å²) in [6.07, 6.45) is -4.95. The van der Waals surface area contributed by atoms with Gasteiger partial charge in [-0.3, -0.25) is 14.9 Å². The summed E-state index contributed by atoms with van der Waals surface area (Å²) in [6.45, 7) is 1.62. The fourth-order valence-electron chi connectivity index (χ4n) is 2.43. The van der Waals surface area contributed by atoms with Crippen molar-refractivity contribution in [1.82, 2.24) is 14.8 Å². The number of aromatic nitrogens is 3. The quantitative estimate of drug-likeness (QED) is 0.896. The van der Waals surface area contributed by atoms with Crippen LogP contribution >= 0.6 is 0 Å². The Morgan fingerprint density at radius 3 is 2.79 bits per heavy atom. The third-order valence-electron chi connectivity index (χ3n) is 3.46. The number of aryl methyl sites for hydroxylation is 1. The Labute approximate surface area is 133 Å². The Hall–Kier alpha value is -2.91. The number of rotatable bonds is 3. The molecule has 126 valence electrons. The van der Waals surface area contributed by atoms with Gasteiger partial charge in [0.25, 0.3) is 5.91 Å². The molecule has 0 bridgehead atoms. The Morgan fingerprint density at radius 2 is 2.08 bits per heavy atom. The Bertz CT molecular complexity index is 815. The van der Waals surface area contributed by atoms with Gasteiger partial charge >= 0.3 is 6.18 Å². The van der Waals surface area contributed by atoms with Gasteiger partial charge in [0.1, 0.15) is 11.9 Å². The normalized spacial score (nSPS) is 16.7. The minimum atomic E-state index is -4.59. The van der Waals surface area contributed by atoms with Crippen LogP contribution in [0.3, 0.4) is 0 Å². The van der Waals surface area contributed by atoms with Gasteiger partial charge < -0.3 is 5.32 Å². The lowest BCUT2D eigenvalue weighted by molar-refractivity contribution is -0.137. The van der Waals surface area contributed by atoms with E-state index in [-0.39, 0.29) is 18.1 Å². The maximum atomic E-state index is 12.9. The molecule has 0 saturated carbocycles. The van der Waals surface area contributed by atoms with Crippen molar-refractivity contribution in [2.24, 2.45) is 0 Å². The van der Waals surface area contributed by atoms with Gasteiger partial charge in [-0.2, -0.15) is 23.3 Å².